The van der Waals surface area contributed by atoms with Gasteiger partial charge in [0.2, 0.25) is 0 Å². The van der Waals surface area contributed by atoms with E-state index < -0.39 is 5.97 Å². The lowest BCUT2D eigenvalue weighted by atomic mass is 9.79. The molecule has 0 bridgehead atoms. The van der Waals surface area contributed by atoms with E-state index in [2.05, 4.69) is 23.5 Å². The van der Waals surface area contributed by atoms with Gasteiger partial charge in [0.1, 0.15) is 5.00 Å². The zero-order chi connectivity index (χ0) is 19.7. The van der Waals surface area contributed by atoms with Crippen LogP contribution in [0.15, 0.2) is 54.6 Å². The number of nitrogens with one attached hydrogen (secondary N) is 1. The van der Waals surface area contributed by atoms with Gasteiger partial charge in [-0.3, -0.25) is 4.79 Å². The molecule has 4 nitrogen and oxygen atoms in total. The van der Waals surface area contributed by atoms with Gasteiger partial charge < -0.3 is 10.4 Å². The summed E-state index contributed by atoms with van der Waals surface area (Å²) in [6, 6.07) is 17.2. The molecule has 0 radical (unpaired) electrons. The first-order valence-corrected chi connectivity index (χ1v) is 10.2. The molecule has 1 atom stereocenters. The number of benzene rings is 2. The van der Waals surface area contributed by atoms with E-state index in [1.807, 2.05) is 19.1 Å². The molecule has 0 saturated carbocycles. The van der Waals surface area contributed by atoms with Gasteiger partial charge in [-0.05, 0) is 60.9 Å². The van der Waals surface area contributed by atoms with Crippen molar-refractivity contribution in [3.05, 3.63) is 87.3 Å². The standard InChI is InChI=1S/C23H21NO3S/c1-14-19(18-12-11-15-7-5-6-10-17(15)13-18)20(23(26)27)22(28-14)24-21(25)16-8-3-2-4-9-16/h2-10,18H,11-13H2,1H3,(H,24,25)(H,26,27). The van der Waals surface area contributed by atoms with E-state index in [0.717, 1.165) is 29.7 Å². The third-order valence-corrected chi connectivity index (χ3v) is 6.40. The Morgan fingerprint density at radius 1 is 1.04 bits per heavy atom. The number of aryl methyl sites for hydroxylation is 2. The van der Waals surface area contributed by atoms with Crippen molar-refractivity contribution in [1.29, 1.82) is 0 Å². The number of rotatable bonds is 4. The maximum atomic E-state index is 12.6. The fourth-order valence-corrected chi connectivity index (χ4v) is 5.19. The highest BCUT2D eigenvalue weighted by atomic mass is 32.1. The average Bonchev–Trinajstić information content (AvgIpc) is 3.04. The summed E-state index contributed by atoms with van der Waals surface area (Å²) in [6.07, 6.45) is 2.70. The minimum absolute atomic E-state index is 0.152. The smallest absolute Gasteiger partial charge is 0.339 e. The van der Waals surface area contributed by atoms with E-state index in [9.17, 15) is 14.7 Å². The normalized spacial score (nSPS) is 15.7. The van der Waals surface area contributed by atoms with Gasteiger partial charge in [-0.15, -0.1) is 11.3 Å². The molecule has 2 aromatic carbocycles. The van der Waals surface area contributed by atoms with Crippen LogP contribution < -0.4 is 5.32 Å². The van der Waals surface area contributed by atoms with Crippen LogP contribution in [0, 0.1) is 6.92 Å². The molecular formula is C23H21NO3S. The van der Waals surface area contributed by atoms with Gasteiger partial charge in [-0.25, -0.2) is 4.79 Å². The SMILES string of the molecule is Cc1sc(NC(=O)c2ccccc2)c(C(=O)O)c1C1CCc2ccccc2C1. The van der Waals surface area contributed by atoms with E-state index in [-0.39, 0.29) is 17.4 Å². The van der Waals surface area contributed by atoms with E-state index in [1.54, 1.807) is 24.3 Å². The summed E-state index contributed by atoms with van der Waals surface area (Å²) in [4.78, 5) is 25.6. The van der Waals surface area contributed by atoms with Gasteiger partial charge in [-0.2, -0.15) is 0 Å². The predicted molar refractivity (Wildman–Crippen MR) is 112 cm³/mol. The van der Waals surface area contributed by atoms with Crippen LogP contribution in [0.1, 0.15) is 54.6 Å². The molecule has 0 aliphatic heterocycles. The number of carboxylic acid groups (broad SMARTS) is 1. The molecule has 0 fully saturated rings. The second-order valence-corrected chi connectivity index (χ2v) is 8.33. The zero-order valence-corrected chi connectivity index (χ0v) is 16.4. The van der Waals surface area contributed by atoms with Crippen LogP contribution in [0.3, 0.4) is 0 Å². The highest BCUT2D eigenvalue weighted by Crippen LogP contribution is 2.42. The molecule has 2 N–H and O–H groups in total. The van der Waals surface area contributed by atoms with Gasteiger partial charge in [-0.1, -0.05) is 42.5 Å². The maximum Gasteiger partial charge on any atom is 0.339 e. The van der Waals surface area contributed by atoms with Crippen molar-refractivity contribution in [2.45, 2.75) is 32.1 Å². The molecule has 28 heavy (non-hydrogen) atoms. The number of carboxylic acids is 1. The van der Waals surface area contributed by atoms with Crippen LogP contribution in [-0.2, 0) is 12.8 Å². The Kier molecular flexibility index (Phi) is 5.01. The highest BCUT2D eigenvalue weighted by Gasteiger charge is 2.30. The lowest BCUT2D eigenvalue weighted by molar-refractivity contribution is 0.0696. The first-order valence-electron chi connectivity index (χ1n) is 9.34. The van der Waals surface area contributed by atoms with Crippen molar-refractivity contribution in [3.8, 4) is 0 Å². The molecular weight excluding hydrogens is 370 g/mol. The monoisotopic (exact) mass is 391 g/mol. The minimum atomic E-state index is -0.985. The summed E-state index contributed by atoms with van der Waals surface area (Å²) in [5, 5.41) is 13.2. The number of anilines is 1. The number of fused-ring (bicyclic) bond motifs is 1. The summed E-state index contributed by atoms with van der Waals surface area (Å²) in [7, 11) is 0. The van der Waals surface area contributed by atoms with Crippen molar-refractivity contribution in [2.24, 2.45) is 0 Å². The minimum Gasteiger partial charge on any atom is -0.478 e. The van der Waals surface area contributed by atoms with Crippen molar-refractivity contribution in [3.63, 3.8) is 0 Å². The number of carbonyl (C=O) groups excluding carboxylic acids is 1. The number of amides is 1. The molecule has 3 aromatic rings. The largest absolute Gasteiger partial charge is 0.478 e. The number of hydrogen-bond acceptors (Lipinski definition) is 3. The Morgan fingerprint density at radius 3 is 2.43 bits per heavy atom. The highest BCUT2D eigenvalue weighted by molar-refractivity contribution is 7.16. The molecule has 1 aliphatic carbocycles. The Morgan fingerprint density at radius 2 is 1.71 bits per heavy atom. The molecule has 1 heterocycles. The summed E-state index contributed by atoms with van der Waals surface area (Å²) in [5.74, 6) is -1.12. The van der Waals surface area contributed by atoms with Crippen molar-refractivity contribution in [2.75, 3.05) is 5.32 Å². The van der Waals surface area contributed by atoms with Crippen LogP contribution in [0.4, 0.5) is 5.00 Å². The van der Waals surface area contributed by atoms with Gasteiger partial charge in [0.05, 0.1) is 5.56 Å². The van der Waals surface area contributed by atoms with Crippen LogP contribution in [0.2, 0.25) is 0 Å². The van der Waals surface area contributed by atoms with E-state index in [1.165, 1.54) is 22.5 Å². The Labute approximate surface area is 167 Å². The lowest BCUT2D eigenvalue weighted by Crippen LogP contribution is -2.17. The van der Waals surface area contributed by atoms with Crippen LogP contribution in [0.25, 0.3) is 0 Å². The van der Waals surface area contributed by atoms with E-state index in [0.29, 0.717) is 10.6 Å². The molecule has 0 saturated heterocycles. The van der Waals surface area contributed by atoms with Crippen molar-refractivity contribution >= 4 is 28.2 Å². The van der Waals surface area contributed by atoms with E-state index >= 15 is 0 Å². The zero-order valence-electron chi connectivity index (χ0n) is 15.6. The quantitative estimate of drug-likeness (QED) is 0.636. The Bertz CT molecular complexity index is 1040. The fourth-order valence-electron chi connectivity index (χ4n) is 4.06. The first-order chi connectivity index (χ1) is 13.5. The van der Waals surface area contributed by atoms with E-state index in [4.69, 9.17) is 0 Å². The number of aromatic carboxylic acids is 1. The fraction of sp³-hybridized carbons (Fsp3) is 0.217. The molecule has 0 spiro atoms. The van der Waals surface area contributed by atoms with Crippen LogP contribution in [0.5, 0.6) is 0 Å². The van der Waals surface area contributed by atoms with Crippen molar-refractivity contribution < 1.29 is 14.7 Å². The second-order valence-electron chi connectivity index (χ2n) is 7.11. The van der Waals surface area contributed by atoms with Gasteiger partial charge in [0.15, 0.2) is 0 Å². The second kappa shape index (κ2) is 7.60. The maximum absolute atomic E-state index is 12.6. The topological polar surface area (TPSA) is 66.4 Å². The number of carbonyl (C=O) groups is 2. The van der Waals surface area contributed by atoms with Crippen LogP contribution >= 0.6 is 11.3 Å². The molecule has 1 aliphatic rings. The average molecular weight is 391 g/mol. The van der Waals surface area contributed by atoms with Crippen LogP contribution in [-0.4, -0.2) is 17.0 Å². The molecule has 1 aromatic heterocycles. The third-order valence-electron chi connectivity index (χ3n) is 5.36. The van der Waals surface area contributed by atoms with Crippen molar-refractivity contribution in [1.82, 2.24) is 0 Å². The Hall–Kier alpha value is -2.92. The number of hydrogen-bond donors (Lipinski definition) is 2. The molecule has 5 heteroatoms. The summed E-state index contributed by atoms with van der Waals surface area (Å²) in [5.41, 5.74) is 4.27. The Balaban J connectivity index is 1.68. The van der Waals surface area contributed by atoms with Gasteiger partial charge in [0, 0.05) is 10.4 Å². The molecule has 142 valence electrons. The summed E-state index contributed by atoms with van der Waals surface area (Å²) >= 11 is 1.35. The number of thiophene rings is 1. The third kappa shape index (κ3) is 3.45. The van der Waals surface area contributed by atoms with Gasteiger partial charge >= 0.3 is 5.97 Å². The molecule has 4 rings (SSSR count). The molecule has 1 unspecified atom stereocenters. The molecule has 1 amide bonds. The van der Waals surface area contributed by atoms with Gasteiger partial charge in [0.25, 0.3) is 5.91 Å². The summed E-state index contributed by atoms with van der Waals surface area (Å²) < 4.78 is 0. The lowest BCUT2D eigenvalue weighted by Gasteiger charge is -2.25. The summed E-state index contributed by atoms with van der Waals surface area (Å²) in [6.45, 7) is 1.95. The first kappa shape index (κ1) is 18.4. The predicted octanol–water partition coefficient (Wildman–Crippen LogP) is 5.28.